The molecular weight excluding hydrogens is 426 g/mol. The van der Waals surface area contributed by atoms with Gasteiger partial charge >= 0.3 is 0 Å². The van der Waals surface area contributed by atoms with E-state index >= 15 is 0 Å². The summed E-state index contributed by atoms with van der Waals surface area (Å²) in [7, 11) is -3.81. The van der Waals surface area contributed by atoms with Gasteiger partial charge < -0.3 is 9.52 Å². The fraction of sp³-hybridized carbons (Fsp3) is 0.231. The third-order valence-electron chi connectivity index (χ3n) is 2.89. The van der Waals surface area contributed by atoms with Crippen LogP contribution in [0.4, 0.5) is 5.69 Å². The first-order chi connectivity index (χ1) is 9.74. The van der Waals surface area contributed by atoms with Crippen LogP contribution in [-0.2, 0) is 16.6 Å². The lowest BCUT2D eigenvalue weighted by Gasteiger charge is -2.13. The number of furan rings is 1. The second-order valence-electron chi connectivity index (χ2n) is 4.53. The van der Waals surface area contributed by atoms with Crippen LogP contribution in [0.25, 0.3) is 0 Å². The Morgan fingerprint density at radius 2 is 1.76 bits per heavy atom. The average Bonchev–Trinajstić information content (AvgIpc) is 2.76. The molecule has 114 valence electrons. The lowest BCUT2D eigenvalue weighted by Crippen LogP contribution is -2.14. The van der Waals surface area contributed by atoms with Crippen LogP contribution in [-0.4, -0.2) is 13.5 Å². The van der Waals surface area contributed by atoms with E-state index in [1.54, 1.807) is 0 Å². The molecule has 0 spiro atoms. The summed E-state index contributed by atoms with van der Waals surface area (Å²) in [5, 5.41) is 9.01. The van der Waals surface area contributed by atoms with Gasteiger partial charge in [0.25, 0.3) is 10.0 Å². The zero-order valence-electron chi connectivity index (χ0n) is 11.3. The summed E-state index contributed by atoms with van der Waals surface area (Å²) in [4.78, 5) is -0.0479. The maximum atomic E-state index is 12.4. The van der Waals surface area contributed by atoms with E-state index in [1.807, 2.05) is 26.0 Å². The topological polar surface area (TPSA) is 79.5 Å². The second kappa shape index (κ2) is 6.12. The first-order valence-corrected chi connectivity index (χ1v) is 9.00. The van der Waals surface area contributed by atoms with Gasteiger partial charge in [0, 0.05) is 10.5 Å². The van der Waals surface area contributed by atoms with Gasteiger partial charge in [-0.2, -0.15) is 0 Å². The number of anilines is 1. The molecule has 0 saturated carbocycles. The Balaban J connectivity index is 2.44. The number of benzene rings is 1. The van der Waals surface area contributed by atoms with Crippen molar-refractivity contribution < 1.29 is 17.9 Å². The zero-order valence-corrected chi connectivity index (χ0v) is 15.3. The van der Waals surface area contributed by atoms with Crippen LogP contribution in [0, 0.1) is 13.8 Å². The number of rotatable bonds is 4. The van der Waals surface area contributed by atoms with Crippen LogP contribution in [0.5, 0.6) is 0 Å². The van der Waals surface area contributed by atoms with Crippen molar-refractivity contribution in [1.29, 1.82) is 0 Å². The van der Waals surface area contributed by atoms with Crippen molar-refractivity contribution in [1.82, 2.24) is 0 Å². The minimum Gasteiger partial charge on any atom is -0.450 e. The van der Waals surface area contributed by atoms with Crippen LogP contribution in [0.1, 0.15) is 16.9 Å². The molecule has 1 aromatic carbocycles. The Morgan fingerprint density at radius 3 is 2.24 bits per heavy atom. The quantitative estimate of drug-likeness (QED) is 0.762. The molecule has 0 unspecified atom stereocenters. The molecule has 2 N–H and O–H groups in total. The molecule has 0 saturated heterocycles. The van der Waals surface area contributed by atoms with Crippen LogP contribution < -0.4 is 4.72 Å². The molecule has 0 aliphatic heterocycles. The van der Waals surface area contributed by atoms with Gasteiger partial charge in [0.15, 0.2) is 4.67 Å². The van der Waals surface area contributed by atoms with Crippen molar-refractivity contribution in [2.24, 2.45) is 0 Å². The SMILES string of the molecule is Cc1cc(Br)cc(C)c1NS(=O)(=O)c1cc(CO)oc1Br. The molecule has 2 rings (SSSR count). The number of aliphatic hydroxyl groups excluding tert-OH is 1. The van der Waals surface area contributed by atoms with Crippen LogP contribution in [0.15, 0.2) is 36.7 Å². The van der Waals surface area contributed by atoms with Gasteiger partial charge in [0.05, 0.1) is 5.69 Å². The third-order valence-corrected chi connectivity index (χ3v) is 5.55. The molecule has 1 heterocycles. The lowest BCUT2D eigenvalue weighted by atomic mass is 10.1. The van der Waals surface area contributed by atoms with E-state index in [2.05, 4.69) is 36.6 Å². The Bertz CT molecular complexity index is 760. The maximum absolute atomic E-state index is 12.4. The predicted molar refractivity (Wildman–Crippen MR) is 86.8 cm³/mol. The highest BCUT2D eigenvalue weighted by atomic mass is 79.9. The highest BCUT2D eigenvalue weighted by molar-refractivity contribution is 9.10. The molecule has 5 nitrogen and oxygen atoms in total. The van der Waals surface area contributed by atoms with E-state index in [0.29, 0.717) is 5.69 Å². The highest BCUT2D eigenvalue weighted by Crippen LogP contribution is 2.31. The van der Waals surface area contributed by atoms with Crippen molar-refractivity contribution in [3.63, 3.8) is 0 Å². The number of hydrogen-bond donors (Lipinski definition) is 2. The summed E-state index contributed by atoms with van der Waals surface area (Å²) in [5.41, 5.74) is 2.12. The Labute approximate surface area is 139 Å². The van der Waals surface area contributed by atoms with Crippen molar-refractivity contribution in [2.45, 2.75) is 25.3 Å². The van der Waals surface area contributed by atoms with E-state index in [0.717, 1.165) is 15.6 Å². The van der Waals surface area contributed by atoms with Gasteiger partial charge in [-0.15, -0.1) is 0 Å². The Morgan fingerprint density at radius 1 is 1.19 bits per heavy atom. The van der Waals surface area contributed by atoms with Gasteiger partial charge in [-0.1, -0.05) is 15.9 Å². The first kappa shape index (κ1) is 16.5. The number of sulfonamides is 1. The minimum absolute atomic E-state index is 0.0479. The van der Waals surface area contributed by atoms with E-state index in [9.17, 15) is 8.42 Å². The van der Waals surface area contributed by atoms with Crippen LogP contribution in [0.3, 0.4) is 0 Å². The molecule has 8 heteroatoms. The lowest BCUT2D eigenvalue weighted by molar-refractivity contribution is 0.245. The molecule has 0 fully saturated rings. The number of aliphatic hydroxyl groups is 1. The molecule has 0 radical (unpaired) electrons. The average molecular weight is 439 g/mol. The number of nitrogens with one attached hydrogen (secondary N) is 1. The summed E-state index contributed by atoms with van der Waals surface area (Å²) in [5.74, 6) is 0.173. The third kappa shape index (κ3) is 3.50. The maximum Gasteiger partial charge on any atom is 0.266 e. The van der Waals surface area contributed by atoms with Crippen LogP contribution >= 0.6 is 31.9 Å². The predicted octanol–water partition coefficient (Wildman–Crippen LogP) is 3.71. The number of halogens is 2. The molecule has 0 bridgehead atoms. The first-order valence-electron chi connectivity index (χ1n) is 5.93. The minimum atomic E-state index is -3.81. The Kier molecular flexibility index (Phi) is 4.82. The van der Waals surface area contributed by atoms with E-state index in [4.69, 9.17) is 9.52 Å². The van der Waals surface area contributed by atoms with E-state index in [1.165, 1.54) is 6.07 Å². The zero-order chi connectivity index (χ0) is 15.8. The fourth-order valence-electron chi connectivity index (χ4n) is 1.92. The van der Waals surface area contributed by atoms with E-state index in [-0.39, 0.29) is 21.9 Å². The molecule has 0 amide bonds. The summed E-state index contributed by atoms with van der Waals surface area (Å²) in [6.07, 6.45) is 0. The number of aryl methyl sites for hydroxylation is 2. The standard InChI is InChI=1S/C13H13Br2NO4S/c1-7-3-9(14)4-8(2)12(7)16-21(18,19)11-5-10(6-17)20-13(11)15/h3-5,16-17H,6H2,1-2H3. The molecule has 2 aromatic rings. The van der Waals surface area contributed by atoms with Gasteiger partial charge in [-0.25, -0.2) is 8.42 Å². The second-order valence-corrected chi connectivity index (χ2v) is 7.82. The van der Waals surface area contributed by atoms with Crippen molar-refractivity contribution in [3.05, 3.63) is 44.2 Å². The summed E-state index contributed by atoms with van der Waals surface area (Å²) in [6, 6.07) is 4.94. The monoisotopic (exact) mass is 437 g/mol. The van der Waals surface area contributed by atoms with Crippen molar-refractivity contribution in [2.75, 3.05) is 4.72 Å². The van der Waals surface area contributed by atoms with Crippen LogP contribution in [0.2, 0.25) is 0 Å². The number of hydrogen-bond acceptors (Lipinski definition) is 4. The normalized spacial score (nSPS) is 11.7. The molecule has 1 aromatic heterocycles. The van der Waals surface area contributed by atoms with Gasteiger partial charge in [-0.05, 0) is 53.0 Å². The van der Waals surface area contributed by atoms with Gasteiger partial charge in [0.1, 0.15) is 17.3 Å². The van der Waals surface area contributed by atoms with Crippen molar-refractivity contribution in [3.8, 4) is 0 Å². The largest absolute Gasteiger partial charge is 0.450 e. The molecule has 0 aliphatic rings. The molecular formula is C13H13Br2NO4S. The summed E-state index contributed by atoms with van der Waals surface area (Å²) < 4.78 is 33.5. The molecule has 0 aliphatic carbocycles. The fourth-order valence-corrected chi connectivity index (χ4v) is 4.81. The molecule has 0 atom stereocenters. The molecule has 21 heavy (non-hydrogen) atoms. The summed E-state index contributed by atoms with van der Waals surface area (Å²) in [6.45, 7) is 3.27. The van der Waals surface area contributed by atoms with Gasteiger partial charge in [0.2, 0.25) is 0 Å². The van der Waals surface area contributed by atoms with Crippen molar-refractivity contribution >= 4 is 47.6 Å². The highest BCUT2D eigenvalue weighted by Gasteiger charge is 2.23. The summed E-state index contributed by atoms with van der Waals surface area (Å²) >= 11 is 6.42. The smallest absolute Gasteiger partial charge is 0.266 e. The Hall–Kier alpha value is -0.830. The van der Waals surface area contributed by atoms with E-state index < -0.39 is 10.0 Å². The van der Waals surface area contributed by atoms with Gasteiger partial charge in [-0.3, -0.25) is 4.72 Å².